The SMILES string of the molecule is C1CC2CNCC2N(c2n[nH]c(C3CC4CC4C3)n2)C1. The van der Waals surface area contributed by atoms with Gasteiger partial charge in [-0.1, -0.05) is 0 Å². The molecular formula is C15H23N5. The molecule has 1 aromatic heterocycles. The molecule has 5 nitrogen and oxygen atoms in total. The van der Waals surface area contributed by atoms with Gasteiger partial charge in [0.15, 0.2) is 0 Å². The Morgan fingerprint density at radius 3 is 2.85 bits per heavy atom. The van der Waals surface area contributed by atoms with Crippen LogP contribution >= 0.6 is 0 Å². The van der Waals surface area contributed by atoms with E-state index >= 15 is 0 Å². The smallest absolute Gasteiger partial charge is 0.245 e. The predicted molar refractivity (Wildman–Crippen MR) is 76.7 cm³/mol. The Bertz CT molecular complexity index is 502. The molecule has 0 radical (unpaired) electrons. The molecule has 4 fully saturated rings. The Labute approximate surface area is 119 Å². The summed E-state index contributed by atoms with van der Waals surface area (Å²) in [5.74, 6) is 5.57. The lowest BCUT2D eigenvalue weighted by atomic mass is 9.92. The van der Waals surface area contributed by atoms with E-state index in [2.05, 4.69) is 20.4 Å². The van der Waals surface area contributed by atoms with Crippen molar-refractivity contribution < 1.29 is 0 Å². The summed E-state index contributed by atoms with van der Waals surface area (Å²) >= 11 is 0. The van der Waals surface area contributed by atoms with Gasteiger partial charge in [-0.05, 0) is 49.9 Å². The van der Waals surface area contributed by atoms with E-state index in [1.54, 1.807) is 0 Å². The number of hydrogen-bond donors (Lipinski definition) is 2. The first kappa shape index (κ1) is 11.5. The zero-order valence-electron chi connectivity index (χ0n) is 11.9. The highest BCUT2D eigenvalue weighted by Crippen LogP contribution is 2.57. The molecule has 2 aliphatic carbocycles. The molecule has 2 N–H and O–H groups in total. The third-order valence-corrected chi connectivity index (χ3v) is 6.06. The van der Waals surface area contributed by atoms with Gasteiger partial charge in [0.05, 0.1) is 0 Å². The van der Waals surface area contributed by atoms with Crippen molar-refractivity contribution in [3.63, 3.8) is 0 Å². The number of aromatic nitrogens is 3. The first-order valence-electron chi connectivity index (χ1n) is 8.28. The van der Waals surface area contributed by atoms with Crippen molar-refractivity contribution in [2.24, 2.45) is 17.8 Å². The van der Waals surface area contributed by atoms with Crippen molar-refractivity contribution in [2.45, 2.75) is 44.1 Å². The van der Waals surface area contributed by atoms with Crippen molar-refractivity contribution >= 4 is 5.95 Å². The molecule has 0 amide bonds. The monoisotopic (exact) mass is 273 g/mol. The lowest BCUT2D eigenvalue weighted by molar-refractivity contribution is 0.381. The quantitative estimate of drug-likeness (QED) is 0.857. The van der Waals surface area contributed by atoms with Gasteiger partial charge in [0, 0.05) is 31.6 Å². The Morgan fingerprint density at radius 2 is 1.95 bits per heavy atom. The van der Waals surface area contributed by atoms with Crippen LogP contribution in [0.1, 0.15) is 43.8 Å². The van der Waals surface area contributed by atoms with E-state index in [0.29, 0.717) is 12.0 Å². The van der Waals surface area contributed by atoms with Gasteiger partial charge >= 0.3 is 0 Å². The number of hydrogen-bond acceptors (Lipinski definition) is 4. The van der Waals surface area contributed by atoms with E-state index in [1.165, 1.54) is 38.6 Å². The third-order valence-electron chi connectivity index (χ3n) is 6.06. The number of anilines is 1. The number of piperidine rings is 1. The number of rotatable bonds is 2. The Morgan fingerprint density at radius 1 is 1.05 bits per heavy atom. The Hall–Kier alpha value is -1.10. The van der Waals surface area contributed by atoms with Crippen molar-refractivity contribution in [2.75, 3.05) is 24.5 Å². The minimum atomic E-state index is 0.615. The summed E-state index contributed by atoms with van der Waals surface area (Å²) in [5, 5.41) is 11.3. The maximum atomic E-state index is 4.86. The predicted octanol–water partition coefficient (Wildman–Crippen LogP) is 1.51. The number of H-pyrrole nitrogens is 1. The summed E-state index contributed by atoms with van der Waals surface area (Å²) in [6, 6.07) is 0.615. The van der Waals surface area contributed by atoms with Gasteiger partial charge in [-0.2, -0.15) is 4.98 Å². The lowest BCUT2D eigenvalue weighted by Gasteiger charge is -2.36. The van der Waals surface area contributed by atoms with Gasteiger partial charge in [0.2, 0.25) is 5.95 Å². The average molecular weight is 273 g/mol. The summed E-state index contributed by atoms with van der Waals surface area (Å²) in [4.78, 5) is 7.31. The van der Waals surface area contributed by atoms with Crippen LogP contribution in [0.4, 0.5) is 5.95 Å². The maximum absolute atomic E-state index is 4.86. The molecule has 5 heteroatoms. The standard InChI is InChI=1S/C15H23N5/c1-2-9-7-16-8-13(9)20(3-1)15-17-14(18-19-15)12-5-10-4-11(10)6-12/h9-13,16H,1-8H2,(H,17,18,19). The molecule has 0 spiro atoms. The highest BCUT2D eigenvalue weighted by molar-refractivity contribution is 5.34. The van der Waals surface area contributed by atoms with Gasteiger partial charge < -0.3 is 10.2 Å². The summed E-state index contributed by atoms with van der Waals surface area (Å²) in [6.07, 6.45) is 6.79. The summed E-state index contributed by atoms with van der Waals surface area (Å²) in [7, 11) is 0. The van der Waals surface area contributed by atoms with Gasteiger partial charge in [-0.15, -0.1) is 5.10 Å². The average Bonchev–Trinajstić information content (AvgIpc) is 2.98. The molecule has 4 unspecified atom stereocenters. The van der Waals surface area contributed by atoms with Crippen LogP contribution in [0.3, 0.4) is 0 Å². The largest absolute Gasteiger partial charge is 0.335 e. The van der Waals surface area contributed by atoms with Crippen LogP contribution in [0.2, 0.25) is 0 Å². The molecule has 5 rings (SSSR count). The topological polar surface area (TPSA) is 56.8 Å². The molecule has 3 heterocycles. The zero-order valence-corrected chi connectivity index (χ0v) is 11.9. The fraction of sp³-hybridized carbons (Fsp3) is 0.867. The van der Waals surface area contributed by atoms with Crippen molar-refractivity contribution in [3.8, 4) is 0 Å². The minimum absolute atomic E-state index is 0.615. The van der Waals surface area contributed by atoms with E-state index in [9.17, 15) is 0 Å². The molecule has 108 valence electrons. The van der Waals surface area contributed by atoms with Crippen LogP contribution in [0.15, 0.2) is 0 Å². The first-order chi connectivity index (χ1) is 9.88. The normalized spacial score (nSPS) is 42.6. The lowest BCUT2D eigenvalue weighted by Crippen LogP contribution is -2.45. The summed E-state index contributed by atoms with van der Waals surface area (Å²) in [6.45, 7) is 3.39. The summed E-state index contributed by atoms with van der Waals surface area (Å²) < 4.78 is 0. The van der Waals surface area contributed by atoms with Crippen molar-refractivity contribution in [1.82, 2.24) is 20.5 Å². The van der Waals surface area contributed by atoms with Crippen LogP contribution in [-0.4, -0.2) is 40.9 Å². The number of nitrogens with zero attached hydrogens (tertiary/aromatic N) is 3. The molecule has 0 bridgehead atoms. The van der Waals surface area contributed by atoms with Gasteiger partial charge in [-0.25, -0.2) is 0 Å². The molecule has 2 saturated carbocycles. The van der Waals surface area contributed by atoms with Crippen molar-refractivity contribution in [1.29, 1.82) is 0 Å². The maximum Gasteiger partial charge on any atom is 0.245 e. The molecule has 4 aliphatic rings. The minimum Gasteiger partial charge on any atom is -0.335 e. The number of fused-ring (bicyclic) bond motifs is 2. The second-order valence-corrected chi connectivity index (χ2v) is 7.27. The van der Waals surface area contributed by atoms with Crippen LogP contribution < -0.4 is 10.2 Å². The number of nitrogens with one attached hydrogen (secondary N) is 2. The van der Waals surface area contributed by atoms with E-state index in [0.717, 1.165) is 42.6 Å². The van der Waals surface area contributed by atoms with Crippen LogP contribution in [0, 0.1) is 17.8 Å². The van der Waals surface area contributed by atoms with E-state index in [-0.39, 0.29) is 0 Å². The van der Waals surface area contributed by atoms with Crippen LogP contribution in [0.5, 0.6) is 0 Å². The van der Waals surface area contributed by atoms with E-state index in [4.69, 9.17) is 4.98 Å². The van der Waals surface area contributed by atoms with Gasteiger partial charge in [-0.3, -0.25) is 5.10 Å². The second-order valence-electron chi connectivity index (χ2n) is 7.27. The highest BCUT2D eigenvalue weighted by atomic mass is 15.4. The zero-order chi connectivity index (χ0) is 13.1. The summed E-state index contributed by atoms with van der Waals surface area (Å²) in [5.41, 5.74) is 0. The first-order valence-corrected chi connectivity index (χ1v) is 8.28. The second kappa shape index (κ2) is 4.20. The number of aromatic amines is 1. The Balaban J connectivity index is 1.36. The third kappa shape index (κ3) is 1.72. The van der Waals surface area contributed by atoms with Gasteiger partial charge in [0.1, 0.15) is 5.82 Å². The van der Waals surface area contributed by atoms with Crippen molar-refractivity contribution in [3.05, 3.63) is 5.82 Å². The van der Waals surface area contributed by atoms with Crippen LogP contribution in [-0.2, 0) is 0 Å². The van der Waals surface area contributed by atoms with E-state index < -0.39 is 0 Å². The van der Waals surface area contributed by atoms with E-state index in [1.807, 2.05) is 0 Å². The van der Waals surface area contributed by atoms with Gasteiger partial charge in [0.25, 0.3) is 0 Å². The Kier molecular flexibility index (Phi) is 2.42. The fourth-order valence-electron chi connectivity index (χ4n) is 4.83. The molecule has 0 aromatic carbocycles. The molecular weight excluding hydrogens is 250 g/mol. The molecule has 2 saturated heterocycles. The molecule has 4 atom stereocenters. The van der Waals surface area contributed by atoms with Crippen LogP contribution in [0.25, 0.3) is 0 Å². The fourth-order valence-corrected chi connectivity index (χ4v) is 4.83. The highest BCUT2D eigenvalue weighted by Gasteiger charge is 2.47. The molecule has 1 aromatic rings. The molecule has 2 aliphatic heterocycles. The molecule has 20 heavy (non-hydrogen) atoms.